The number of hydrogen-bond donors (Lipinski definition) is 0. The van der Waals surface area contributed by atoms with Gasteiger partial charge in [0.2, 0.25) is 5.91 Å². The van der Waals surface area contributed by atoms with Crippen LogP contribution in [0.5, 0.6) is 0 Å². The molecule has 156 valence electrons. The van der Waals surface area contributed by atoms with Crippen molar-refractivity contribution in [2.75, 3.05) is 31.1 Å². The Kier molecular flexibility index (Phi) is 5.67. The van der Waals surface area contributed by atoms with Gasteiger partial charge in [-0.2, -0.15) is 0 Å². The second-order valence-electron chi connectivity index (χ2n) is 7.85. The molecule has 2 heterocycles. The third kappa shape index (κ3) is 4.28. The van der Waals surface area contributed by atoms with Crippen molar-refractivity contribution in [3.05, 3.63) is 63.7 Å². The highest BCUT2D eigenvalue weighted by molar-refractivity contribution is 7.22. The van der Waals surface area contributed by atoms with Gasteiger partial charge in [0.1, 0.15) is 0 Å². The normalized spacial score (nSPS) is 14.5. The van der Waals surface area contributed by atoms with Crippen molar-refractivity contribution >= 4 is 38.3 Å². The molecule has 0 N–H and O–H groups in total. The third-order valence-electron chi connectivity index (χ3n) is 5.48. The predicted octanol–water partition coefficient (Wildman–Crippen LogP) is 4.22. The summed E-state index contributed by atoms with van der Waals surface area (Å²) in [5.74, 6) is 0.628. The number of benzene rings is 2. The van der Waals surface area contributed by atoms with Crippen molar-refractivity contribution in [1.29, 1.82) is 0 Å². The van der Waals surface area contributed by atoms with Crippen LogP contribution in [-0.4, -0.2) is 46.9 Å². The number of carbonyl (C=O) groups excluding carboxylic acids is 1. The topological polar surface area (TPSA) is 79.6 Å². The van der Waals surface area contributed by atoms with E-state index >= 15 is 0 Å². The van der Waals surface area contributed by atoms with Crippen LogP contribution in [0.25, 0.3) is 10.2 Å². The summed E-state index contributed by atoms with van der Waals surface area (Å²) in [4.78, 5) is 32.0. The van der Waals surface area contributed by atoms with Gasteiger partial charge in [-0.1, -0.05) is 49.4 Å². The van der Waals surface area contributed by atoms with Gasteiger partial charge in [-0.25, -0.2) is 4.98 Å². The molecule has 1 fully saturated rings. The highest BCUT2D eigenvalue weighted by atomic mass is 32.1. The smallest absolute Gasteiger partial charge is 0.270 e. The first-order valence-electron chi connectivity index (χ1n) is 10.1. The molecule has 0 saturated carbocycles. The second-order valence-corrected chi connectivity index (χ2v) is 8.86. The molecule has 0 unspecified atom stereocenters. The van der Waals surface area contributed by atoms with E-state index in [0.29, 0.717) is 38.5 Å². The van der Waals surface area contributed by atoms with Crippen LogP contribution in [0.15, 0.2) is 42.5 Å². The molecule has 1 saturated heterocycles. The predicted molar refractivity (Wildman–Crippen MR) is 119 cm³/mol. The van der Waals surface area contributed by atoms with Crippen LogP contribution in [0.4, 0.5) is 10.8 Å². The zero-order valence-electron chi connectivity index (χ0n) is 17.1. The molecule has 3 aromatic rings. The molecular formula is C22H24N4O3S. The molecule has 1 aromatic heterocycles. The molecule has 0 atom stereocenters. The highest BCUT2D eigenvalue weighted by Gasteiger charge is 2.23. The van der Waals surface area contributed by atoms with Gasteiger partial charge >= 0.3 is 0 Å². The number of rotatable bonds is 5. The summed E-state index contributed by atoms with van der Waals surface area (Å²) in [6.45, 7) is 7.04. The lowest BCUT2D eigenvalue weighted by atomic mass is 10.0. The molecule has 1 aliphatic rings. The molecule has 1 amide bonds. The van der Waals surface area contributed by atoms with Gasteiger partial charge < -0.3 is 9.80 Å². The maximum Gasteiger partial charge on any atom is 0.270 e. The number of amides is 1. The van der Waals surface area contributed by atoms with E-state index in [1.54, 1.807) is 12.1 Å². The second kappa shape index (κ2) is 8.39. The Hall–Kier alpha value is -3.00. The van der Waals surface area contributed by atoms with Crippen molar-refractivity contribution in [3.63, 3.8) is 0 Å². The Bertz CT molecular complexity index is 1070. The van der Waals surface area contributed by atoms with E-state index in [1.165, 1.54) is 23.0 Å². The van der Waals surface area contributed by atoms with Gasteiger partial charge in [-0.05, 0) is 23.1 Å². The van der Waals surface area contributed by atoms with Crippen LogP contribution in [0.2, 0.25) is 0 Å². The summed E-state index contributed by atoms with van der Waals surface area (Å²) in [7, 11) is 0. The van der Waals surface area contributed by atoms with Crippen LogP contribution >= 0.6 is 11.3 Å². The lowest BCUT2D eigenvalue weighted by Crippen LogP contribution is -2.49. The number of anilines is 1. The van der Waals surface area contributed by atoms with Gasteiger partial charge in [0.15, 0.2) is 5.13 Å². The first kappa shape index (κ1) is 20.3. The number of aromatic nitrogens is 1. The van der Waals surface area contributed by atoms with Crippen LogP contribution in [0, 0.1) is 10.1 Å². The molecule has 1 aliphatic heterocycles. The number of fused-ring (bicyclic) bond motifs is 1. The summed E-state index contributed by atoms with van der Waals surface area (Å²) >= 11 is 1.46. The van der Waals surface area contributed by atoms with Crippen LogP contribution in [0.1, 0.15) is 30.9 Å². The highest BCUT2D eigenvalue weighted by Crippen LogP contribution is 2.31. The van der Waals surface area contributed by atoms with Crippen LogP contribution < -0.4 is 4.90 Å². The molecule has 2 aromatic carbocycles. The van der Waals surface area contributed by atoms with Crippen LogP contribution in [-0.2, 0) is 11.2 Å². The lowest BCUT2D eigenvalue weighted by molar-refractivity contribution is -0.384. The van der Waals surface area contributed by atoms with Crippen molar-refractivity contribution in [3.8, 4) is 0 Å². The Morgan fingerprint density at radius 3 is 2.47 bits per heavy atom. The van der Waals surface area contributed by atoms with E-state index in [9.17, 15) is 14.9 Å². The molecule has 0 spiro atoms. The zero-order valence-corrected chi connectivity index (χ0v) is 17.9. The number of carbonyl (C=O) groups is 1. The molecule has 4 rings (SSSR count). The number of nitro benzene ring substituents is 1. The van der Waals surface area contributed by atoms with E-state index in [-0.39, 0.29) is 16.5 Å². The summed E-state index contributed by atoms with van der Waals surface area (Å²) < 4.78 is 0.808. The fourth-order valence-corrected chi connectivity index (χ4v) is 4.65. The minimum Gasteiger partial charge on any atom is -0.345 e. The first-order valence-corrected chi connectivity index (χ1v) is 10.9. The van der Waals surface area contributed by atoms with E-state index in [2.05, 4.69) is 35.9 Å². The Morgan fingerprint density at radius 2 is 1.83 bits per heavy atom. The monoisotopic (exact) mass is 424 g/mol. The Morgan fingerprint density at radius 1 is 1.13 bits per heavy atom. The third-order valence-corrected chi connectivity index (χ3v) is 6.56. The fourth-order valence-electron chi connectivity index (χ4n) is 3.60. The van der Waals surface area contributed by atoms with Gasteiger partial charge in [0.25, 0.3) is 5.69 Å². The van der Waals surface area contributed by atoms with Gasteiger partial charge in [-0.15, -0.1) is 0 Å². The Balaban J connectivity index is 1.36. The van der Waals surface area contributed by atoms with Crippen molar-refractivity contribution in [2.24, 2.45) is 0 Å². The molecule has 30 heavy (non-hydrogen) atoms. The summed E-state index contributed by atoms with van der Waals surface area (Å²) in [6, 6.07) is 13.0. The SMILES string of the molecule is CC(C)c1ccc(CC(=O)N2CCN(c3nc4ccc([N+](=O)[O-])cc4s3)CC2)cc1. The minimum atomic E-state index is -0.389. The van der Waals surface area contributed by atoms with Crippen LogP contribution in [0.3, 0.4) is 0 Å². The van der Waals surface area contributed by atoms with Crippen molar-refractivity contribution in [2.45, 2.75) is 26.2 Å². The standard InChI is InChI=1S/C22H24N4O3S/c1-15(2)17-5-3-16(4-6-17)13-21(27)24-9-11-25(12-10-24)22-23-19-8-7-18(26(28)29)14-20(19)30-22/h3-8,14-15H,9-13H2,1-2H3. The van der Waals surface area contributed by atoms with Gasteiger partial charge in [0.05, 0.1) is 21.6 Å². The molecule has 7 nitrogen and oxygen atoms in total. The summed E-state index contributed by atoms with van der Waals surface area (Å²) in [5, 5.41) is 11.8. The largest absolute Gasteiger partial charge is 0.345 e. The molecule has 0 radical (unpaired) electrons. The number of thiazole rings is 1. The molecule has 0 bridgehead atoms. The maximum absolute atomic E-state index is 12.7. The summed E-state index contributed by atoms with van der Waals surface area (Å²) in [6.07, 6.45) is 0.420. The fraction of sp³-hybridized carbons (Fsp3) is 0.364. The van der Waals surface area contributed by atoms with Crippen molar-refractivity contribution in [1.82, 2.24) is 9.88 Å². The average Bonchev–Trinajstić information content (AvgIpc) is 3.17. The minimum absolute atomic E-state index is 0.0783. The first-order chi connectivity index (χ1) is 14.4. The van der Waals surface area contributed by atoms with Gasteiger partial charge in [0, 0.05) is 38.3 Å². The Labute approximate surface area is 179 Å². The van der Waals surface area contributed by atoms with E-state index < -0.39 is 0 Å². The zero-order chi connectivity index (χ0) is 21.3. The number of nitro groups is 1. The summed E-state index contributed by atoms with van der Waals surface area (Å²) in [5.41, 5.74) is 3.17. The molecule has 8 heteroatoms. The number of non-ortho nitro benzene ring substituents is 1. The van der Waals surface area contributed by atoms with E-state index in [4.69, 9.17) is 0 Å². The average molecular weight is 425 g/mol. The van der Waals surface area contributed by atoms with E-state index in [1.807, 2.05) is 17.0 Å². The number of nitrogens with zero attached hydrogens (tertiary/aromatic N) is 4. The lowest BCUT2D eigenvalue weighted by Gasteiger charge is -2.34. The number of hydrogen-bond acceptors (Lipinski definition) is 6. The number of piperazine rings is 1. The molecular weight excluding hydrogens is 400 g/mol. The van der Waals surface area contributed by atoms with Gasteiger partial charge in [-0.3, -0.25) is 14.9 Å². The van der Waals surface area contributed by atoms with E-state index in [0.717, 1.165) is 20.9 Å². The molecule has 0 aliphatic carbocycles. The van der Waals surface area contributed by atoms with Crippen molar-refractivity contribution < 1.29 is 9.72 Å². The quantitative estimate of drug-likeness (QED) is 0.453. The maximum atomic E-state index is 12.7.